The van der Waals surface area contributed by atoms with Gasteiger partial charge in [-0.15, -0.1) is 11.3 Å². The van der Waals surface area contributed by atoms with E-state index in [1.54, 1.807) is 23.9 Å². The van der Waals surface area contributed by atoms with Crippen LogP contribution in [0.15, 0.2) is 0 Å². The summed E-state index contributed by atoms with van der Waals surface area (Å²) < 4.78 is 0. The minimum atomic E-state index is -0.351. The summed E-state index contributed by atoms with van der Waals surface area (Å²) in [4.78, 5) is 40.0. The van der Waals surface area contributed by atoms with E-state index in [1.165, 1.54) is 11.3 Å². The van der Waals surface area contributed by atoms with Crippen LogP contribution in [0.2, 0.25) is 0 Å². The van der Waals surface area contributed by atoms with Crippen molar-refractivity contribution in [3.63, 3.8) is 0 Å². The van der Waals surface area contributed by atoms with Crippen molar-refractivity contribution in [1.82, 2.24) is 19.8 Å². The number of nitrogens with zero attached hydrogens (tertiary/aromatic N) is 4. The fraction of sp³-hybridized carbons (Fsp3) is 0.579. The standard InChI is InChI=1S/C19H24N4O2S/c1-10-14-11(2)20-16(12-7-8-12)21-17(14)26-15(10)19(25)23-9-5-6-13(23)18(24)22(3)4/h12-13H,5-9H2,1-4H3. The lowest BCUT2D eigenvalue weighted by atomic mass is 10.1. The average molecular weight is 372 g/mol. The molecular weight excluding hydrogens is 348 g/mol. The predicted octanol–water partition coefficient (Wildman–Crippen LogP) is 2.88. The van der Waals surface area contributed by atoms with E-state index in [2.05, 4.69) is 4.98 Å². The van der Waals surface area contributed by atoms with Gasteiger partial charge >= 0.3 is 0 Å². The highest BCUT2D eigenvalue weighted by molar-refractivity contribution is 7.20. The number of likely N-dealkylation sites (tertiary alicyclic amines) is 1. The van der Waals surface area contributed by atoms with Crippen molar-refractivity contribution in [3.05, 3.63) is 22.0 Å². The van der Waals surface area contributed by atoms with Gasteiger partial charge in [0, 0.05) is 31.9 Å². The van der Waals surface area contributed by atoms with Crippen LogP contribution in [-0.2, 0) is 4.79 Å². The van der Waals surface area contributed by atoms with Crippen LogP contribution in [-0.4, -0.2) is 58.3 Å². The summed E-state index contributed by atoms with van der Waals surface area (Å²) in [5.41, 5.74) is 1.89. The lowest BCUT2D eigenvalue weighted by molar-refractivity contribution is -0.132. The summed E-state index contributed by atoms with van der Waals surface area (Å²) in [5.74, 6) is 1.36. The molecule has 26 heavy (non-hydrogen) atoms. The number of thiophene rings is 1. The van der Waals surface area contributed by atoms with E-state index in [0.29, 0.717) is 17.3 Å². The molecule has 2 aromatic heterocycles. The number of likely N-dealkylation sites (N-methyl/N-ethyl adjacent to an activating group) is 1. The van der Waals surface area contributed by atoms with Crippen molar-refractivity contribution >= 4 is 33.4 Å². The van der Waals surface area contributed by atoms with Crippen molar-refractivity contribution in [1.29, 1.82) is 0 Å². The molecule has 6 nitrogen and oxygen atoms in total. The van der Waals surface area contributed by atoms with Gasteiger partial charge in [0.2, 0.25) is 5.91 Å². The Labute approximate surface area is 157 Å². The van der Waals surface area contributed by atoms with Crippen LogP contribution in [0.4, 0.5) is 0 Å². The molecule has 7 heteroatoms. The van der Waals surface area contributed by atoms with Gasteiger partial charge in [-0.25, -0.2) is 9.97 Å². The van der Waals surface area contributed by atoms with Gasteiger partial charge in [-0.3, -0.25) is 9.59 Å². The van der Waals surface area contributed by atoms with E-state index in [-0.39, 0.29) is 17.9 Å². The second-order valence-electron chi connectivity index (χ2n) is 7.57. The van der Waals surface area contributed by atoms with Gasteiger partial charge in [0.15, 0.2) is 0 Å². The van der Waals surface area contributed by atoms with Crippen LogP contribution < -0.4 is 0 Å². The number of rotatable bonds is 3. The van der Waals surface area contributed by atoms with E-state index in [4.69, 9.17) is 4.98 Å². The molecule has 4 rings (SSSR count). The first kappa shape index (κ1) is 17.4. The molecule has 1 atom stereocenters. The third-order valence-corrected chi connectivity index (χ3v) is 6.54. The number of carbonyl (C=O) groups is 2. The largest absolute Gasteiger partial charge is 0.347 e. The number of hydrogen-bond donors (Lipinski definition) is 0. The fourth-order valence-corrected chi connectivity index (χ4v) is 4.98. The molecule has 1 saturated carbocycles. The number of aromatic nitrogens is 2. The maximum atomic E-state index is 13.2. The third-order valence-electron chi connectivity index (χ3n) is 5.36. The van der Waals surface area contributed by atoms with Crippen molar-refractivity contribution in [3.8, 4) is 0 Å². The molecule has 1 unspecified atom stereocenters. The Morgan fingerprint density at radius 1 is 1.15 bits per heavy atom. The molecule has 138 valence electrons. The van der Waals surface area contributed by atoms with Gasteiger partial charge in [-0.1, -0.05) is 0 Å². The highest BCUT2D eigenvalue weighted by atomic mass is 32.1. The van der Waals surface area contributed by atoms with E-state index in [9.17, 15) is 9.59 Å². The maximum absolute atomic E-state index is 13.2. The molecule has 2 aliphatic rings. The van der Waals surface area contributed by atoms with Crippen molar-refractivity contribution in [2.45, 2.75) is 51.5 Å². The minimum absolute atomic E-state index is 0.00149. The fourth-order valence-electron chi connectivity index (χ4n) is 3.78. The van der Waals surface area contributed by atoms with Crippen molar-refractivity contribution in [2.75, 3.05) is 20.6 Å². The second-order valence-corrected chi connectivity index (χ2v) is 8.57. The average Bonchev–Trinajstić information content (AvgIpc) is 3.24. The van der Waals surface area contributed by atoms with Crippen LogP contribution in [0, 0.1) is 13.8 Å². The van der Waals surface area contributed by atoms with Gasteiger partial charge in [-0.2, -0.15) is 0 Å². The Kier molecular flexibility index (Phi) is 4.22. The lowest BCUT2D eigenvalue weighted by Gasteiger charge is -2.26. The number of fused-ring (bicyclic) bond motifs is 1. The monoisotopic (exact) mass is 372 g/mol. The summed E-state index contributed by atoms with van der Waals surface area (Å²) in [6.45, 7) is 4.60. The Morgan fingerprint density at radius 3 is 2.54 bits per heavy atom. The number of aryl methyl sites for hydroxylation is 2. The highest BCUT2D eigenvalue weighted by Crippen LogP contribution is 2.40. The van der Waals surface area contributed by atoms with E-state index in [0.717, 1.165) is 53.0 Å². The van der Waals surface area contributed by atoms with Crippen molar-refractivity contribution in [2.24, 2.45) is 0 Å². The van der Waals surface area contributed by atoms with Crippen LogP contribution in [0.1, 0.15) is 58.4 Å². The summed E-state index contributed by atoms with van der Waals surface area (Å²) in [6, 6.07) is -0.351. The normalized spacial score (nSPS) is 20.0. The zero-order chi connectivity index (χ0) is 18.6. The SMILES string of the molecule is Cc1nc(C2CC2)nc2sc(C(=O)N3CCCC3C(=O)N(C)C)c(C)c12. The molecule has 0 radical (unpaired) electrons. The summed E-state index contributed by atoms with van der Waals surface area (Å²) in [5, 5.41) is 0.998. The van der Waals surface area contributed by atoms with E-state index < -0.39 is 0 Å². The second kappa shape index (κ2) is 6.30. The van der Waals surface area contributed by atoms with Gasteiger partial charge in [0.1, 0.15) is 16.7 Å². The Hall–Kier alpha value is -2.02. The topological polar surface area (TPSA) is 66.4 Å². The quantitative estimate of drug-likeness (QED) is 0.831. The number of carbonyl (C=O) groups excluding carboxylic acids is 2. The number of hydrogen-bond acceptors (Lipinski definition) is 5. The lowest BCUT2D eigenvalue weighted by Crippen LogP contribution is -2.45. The summed E-state index contributed by atoms with van der Waals surface area (Å²) in [6.07, 6.45) is 3.91. The molecule has 0 aromatic carbocycles. The molecule has 1 saturated heterocycles. The number of amides is 2. The first-order valence-electron chi connectivity index (χ1n) is 9.18. The van der Waals surface area contributed by atoms with Crippen LogP contribution >= 0.6 is 11.3 Å². The molecule has 1 aliphatic heterocycles. The maximum Gasteiger partial charge on any atom is 0.264 e. The predicted molar refractivity (Wildman–Crippen MR) is 102 cm³/mol. The molecule has 1 aliphatic carbocycles. The van der Waals surface area contributed by atoms with Gasteiger partial charge in [0.05, 0.1) is 10.6 Å². The van der Waals surface area contributed by atoms with E-state index >= 15 is 0 Å². The van der Waals surface area contributed by atoms with Gasteiger partial charge in [-0.05, 0) is 45.1 Å². The van der Waals surface area contributed by atoms with Crippen LogP contribution in [0.5, 0.6) is 0 Å². The van der Waals surface area contributed by atoms with Gasteiger partial charge in [0.25, 0.3) is 5.91 Å². The Balaban J connectivity index is 1.71. The minimum Gasteiger partial charge on any atom is -0.347 e. The third kappa shape index (κ3) is 2.78. The molecule has 0 bridgehead atoms. The van der Waals surface area contributed by atoms with E-state index in [1.807, 2.05) is 13.8 Å². The highest BCUT2D eigenvalue weighted by Gasteiger charge is 2.37. The molecule has 0 spiro atoms. The molecule has 0 N–H and O–H groups in total. The Bertz CT molecular complexity index is 901. The van der Waals surface area contributed by atoms with Gasteiger partial charge < -0.3 is 9.80 Å². The molecule has 2 amide bonds. The van der Waals surface area contributed by atoms with Crippen LogP contribution in [0.25, 0.3) is 10.2 Å². The summed E-state index contributed by atoms with van der Waals surface area (Å²) >= 11 is 1.45. The summed E-state index contributed by atoms with van der Waals surface area (Å²) in [7, 11) is 3.48. The van der Waals surface area contributed by atoms with Crippen molar-refractivity contribution < 1.29 is 9.59 Å². The smallest absolute Gasteiger partial charge is 0.264 e. The molecular formula is C19H24N4O2S. The van der Waals surface area contributed by atoms with Crippen LogP contribution in [0.3, 0.4) is 0 Å². The Morgan fingerprint density at radius 2 is 1.88 bits per heavy atom. The zero-order valence-corrected chi connectivity index (χ0v) is 16.5. The first-order chi connectivity index (χ1) is 12.4. The molecule has 3 heterocycles. The zero-order valence-electron chi connectivity index (χ0n) is 15.7. The molecule has 2 aromatic rings. The molecule has 2 fully saturated rings. The first-order valence-corrected chi connectivity index (χ1v) is 10.00.